The van der Waals surface area contributed by atoms with Gasteiger partial charge in [-0.1, -0.05) is 0 Å². The van der Waals surface area contributed by atoms with Crippen LogP contribution in [-0.4, -0.2) is 20.1 Å². The van der Waals surface area contributed by atoms with Crippen molar-refractivity contribution in [3.63, 3.8) is 0 Å². The number of nitrogens with two attached hydrogens (primary N) is 1. The van der Waals surface area contributed by atoms with Gasteiger partial charge in [0.2, 0.25) is 0 Å². The minimum Gasteiger partial charge on any atom is -0.398 e. The number of anilines is 1. The summed E-state index contributed by atoms with van der Waals surface area (Å²) in [6.45, 7) is 0.373. The minimum absolute atomic E-state index is 0.193. The summed E-state index contributed by atoms with van der Waals surface area (Å²) in [5, 5.41) is 8.05. The summed E-state index contributed by atoms with van der Waals surface area (Å²) >= 11 is 0. The third-order valence-corrected chi connectivity index (χ3v) is 3.71. The fourth-order valence-corrected chi connectivity index (χ4v) is 2.22. The number of ether oxygens (including phenoxy) is 1. The minimum atomic E-state index is -4.20. The Hall–Kier alpha value is -2.29. The molecule has 0 radical (unpaired) electrons. The number of nitrogen functional groups attached to an aromatic ring is 1. The van der Waals surface area contributed by atoms with Crippen molar-refractivity contribution >= 4 is 27.2 Å². The molecule has 0 aliphatic heterocycles. The van der Waals surface area contributed by atoms with E-state index in [1.165, 1.54) is 24.3 Å². The molecule has 0 aromatic heterocycles. The molecule has 0 bridgehead atoms. The van der Waals surface area contributed by atoms with E-state index in [0.717, 1.165) is 5.56 Å². The molecular formula is C14H15N3O4S. The van der Waals surface area contributed by atoms with Crippen LogP contribution in [0.3, 0.4) is 0 Å². The number of azo groups is 1. The molecule has 2 aromatic carbocycles. The molecule has 0 aliphatic rings. The first-order valence-electron chi connectivity index (χ1n) is 6.27. The molecule has 0 amide bonds. The van der Waals surface area contributed by atoms with Crippen LogP contribution in [0.1, 0.15) is 5.56 Å². The summed E-state index contributed by atoms with van der Waals surface area (Å²) < 4.78 is 35.8. The first-order valence-corrected chi connectivity index (χ1v) is 7.71. The third kappa shape index (κ3) is 4.10. The fraction of sp³-hybridized carbons (Fsp3) is 0.143. The van der Waals surface area contributed by atoms with E-state index in [2.05, 4.69) is 10.2 Å². The van der Waals surface area contributed by atoms with Gasteiger partial charge in [-0.25, -0.2) is 0 Å². The SMILES string of the molecule is COCc1cc(N=Nc2ccc(S(=O)(=O)O)cc2)ccc1N. The normalized spacial score (nSPS) is 11.9. The molecular weight excluding hydrogens is 306 g/mol. The first kappa shape index (κ1) is 16.1. The molecule has 0 atom stereocenters. The summed E-state index contributed by atoms with van der Waals surface area (Å²) in [4.78, 5) is -0.193. The topological polar surface area (TPSA) is 114 Å². The lowest BCUT2D eigenvalue weighted by atomic mass is 10.2. The van der Waals surface area contributed by atoms with E-state index in [4.69, 9.17) is 15.0 Å². The van der Waals surface area contributed by atoms with E-state index >= 15 is 0 Å². The molecule has 0 spiro atoms. The smallest absolute Gasteiger partial charge is 0.294 e. The molecule has 0 fully saturated rings. The predicted octanol–water partition coefficient (Wildman–Crippen LogP) is 3.08. The lowest BCUT2D eigenvalue weighted by Gasteiger charge is -2.04. The van der Waals surface area contributed by atoms with Crippen molar-refractivity contribution in [3.8, 4) is 0 Å². The van der Waals surface area contributed by atoms with E-state index in [1.54, 1.807) is 25.3 Å². The molecule has 8 heteroatoms. The number of methoxy groups -OCH3 is 1. The van der Waals surface area contributed by atoms with Crippen LogP contribution in [0, 0.1) is 0 Å². The maximum atomic E-state index is 10.9. The van der Waals surface area contributed by atoms with Crippen LogP contribution >= 0.6 is 0 Å². The zero-order valence-corrected chi connectivity index (χ0v) is 12.6. The van der Waals surface area contributed by atoms with Crippen molar-refractivity contribution in [3.05, 3.63) is 48.0 Å². The van der Waals surface area contributed by atoms with Crippen LogP contribution < -0.4 is 5.73 Å². The highest BCUT2D eigenvalue weighted by Crippen LogP contribution is 2.24. The van der Waals surface area contributed by atoms with E-state index in [9.17, 15) is 8.42 Å². The van der Waals surface area contributed by atoms with Gasteiger partial charge in [0.15, 0.2) is 0 Å². The largest absolute Gasteiger partial charge is 0.398 e. The second-order valence-corrected chi connectivity index (χ2v) is 5.91. The van der Waals surface area contributed by atoms with Gasteiger partial charge in [-0.2, -0.15) is 18.6 Å². The van der Waals surface area contributed by atoms with Gasteiger partial charge in [0.25, 0.3) is 10.1 Å². The van der Waals surface area contributed by atoms with Crippen LogP contribution in [0.2, 0.25) is 0 Å². The van der Waals surface area contributed by atoms with Gasteiger partial charge in [-0.05, 0) is 42.5 Å². The van der Waals surface area contributed by atoms with Gasteiger partial charge in [0.1, 0.15) is 0 Å². The highest BCUT2D eigenvalue weighted by Gasteiger charge is 2.08. The van der Waals surface area contributed by atoms with Crippen LogP contribution in [0.5, 0.6) is 0 Å². The molecule has 0 saturated heterocycles. The molecule has 0 aliphatic carbocycles. The Bertz CT molecular complexity index is 786. The fourth-order valence-electron chi connectivity index (χ4n) is 1.74. The second-order valence-electron chi connectivity index (χ2n) is 4.49. The highest BCUT2D eigenvalue weighted by molar-refractivity contribution is 7.85. The zero-order chi connectivity index (χ0) is 16.2. The third-order valence-electron chi connectivity index (χ3n) is 2.84. The second kappa shape index (κ2) is 6.65. The molecule has 22 heavy (non-hydrogen) atoms. The summed E-state index contributed by atoms with van der Waals surface area (Å²) in [5.74, 6) is 0. The lowest BCUT2D eigenvalue weighted by molar-refractivity contribution is 0.185. The number of hydrogen-bond acceptors (Lipinski definition) is 6. The summed E-state index contributed by atoms with van der Waals surface area (Å²) in [6, 6.07) is 10.6. The lowest BCUT2D eigenvalue weighted by Crippen LogP contribution is -1.96. The van der Waals surface area contributed by atoms with Gasteiger partial charge < -0.3 is 10.5 Å². The quantitative estimate of drug-likeness (QED) is 0.499. The number of hydrogen-bond donors (Lipinski definition) is 2. The van der Waals surface area contributed by atoms with Crippen LogP contribution in [0.25, 0.3) is 0 Å². The van der Waals surface area contributed by atoms with Crippen molar-refractivity contribution in [1.82, 2.24) is 0 Å². The monoisotopic (exact) mass is 321 g/mol. The van der Waals surface area contributed by atoms with Gasteiger partial charge in [0.05, 0.1) is 22.9 Å². The average Bonchev–Trinajstić information content (AvgIpc) is 2.48. The Kier molecular flexibility index (Phi) is 4.86. The van der Waals surface area contributed by atoms with Gasteiger partial charge in [0, 0.05) is 18.4 Å². The predicted molar refractivity (Wildman–Crippen MR) is 82.0 cm³/mol. The first-order chi connectivity index (χ1) is 10.4. The van der Waals surface area contributed by atoms with Gasteiger partial charge in [-0.3, -0.25) is 4.55 Å². The van der Waals surface area contributed by atoms with Crippen molar-refractivity contribution in [2.24, 2.45) is 10.2 Å². The molecule has 116 valence electrons. The molecule has 0 unspecified atom stereocenters. The maximum Gasteiger partial charge on any atom is 0.294 e. The summed E-state index contributed by atoms with van der Waals surface area (Å²) in [6.07, 6.45) is 0. The average molecular weight is 321 g/mol. The molecule has 3 N–H and O–H groups in total. The summed E-state index contributed by atoms with van der Waals surface area (Å²) in [7, 11) is -2.63. The molecule has 0 heterocycles. The Morgan fingerprint density at radius 2 is 1.68 bits per heavy atom. The number of rotatable bonds is 5. The van der Waals surface area contributed by atoms with Gasteiger partial charge in [-0.15, -0.1) is 0 Å². The Morgan fingerprint density at radius 3 is 2.27 bits per heavy atom. The Labute approximate surface area is 128 Å². The molecule has 2 aromatic rings. The molecule has 7 nitrogen and oxygen atoms in total. The van der Waals surface area contributed by atoms with Crippen molar-refractivity contribution < 1.29 is 17.7 Å². The van der Waals surface area contributed by atoms with Crippen molar-refractivity contribution in [2.45, 2.75) is 11.5 Å². The number of benzene rings is 2. The van der Waals surface area contributed by atoms with Crippen molar-refractivity contribution in [1.29, 1.82) is 0 Å². The number of nitrogens with zero attached hydrogens (tertiary/aromatic N) is 2. The standard InChI is InChI=1S/C14H15N3O4S/c1-21-9-10-8-12(4-7-14(10)15)17-16-11-2-5-13(6-3-11)22(18,19)20/h2-8H,9,15H2,1H3,(H,18,19,20). The molecule has 2 rings (SSSR count). The van der Waals surface area contributed by atoms with E-state index in [1.807, 2.05) is 0 Å². The van der Waals surface area contributed by atoms with E-state index < -0.39 is 10.1 Å². The molecule has 0 saturated carbocycles. The van der Waals surface area contributed by atoms with Crippen LogP contribution in [-0.2, 0) is 21.5 Å². The van der Waals surface area contributed by atoms with E-state index in [0.29, 0.717) is 23.7 Å². The Balaban J connectivity index is 2.20. The van der Waals surface area contributed by atoms with Gasteiger partial charge >= 0.3 is 0 Å². The van der Waals surface area contributed by atoms with Crippen LogP contribution in [0.4, 0.5) is 17.1 Å². The maximum absolute atomic E-state index is 10.9. The van der Waals surface area contributed by atoms with Crippen molar-refractivity contribution in [2.75, 3.05) is 12.8 Å². The highest BCUT2D eigenvalue weighted by atomic mass is 32.2. The van der Waals surface area contributed by atoms with E-state index in [-0.39, 0.29) is 4.90 Å². The zero-order valence-electron chi connectivity index (χ0n) is 11.8. The summed E-state index contributed by atoms with van der Waals surface area (Å²) in [5.41, 5.74) is 8.28. The van der Waals surface area contributed by atoms with Crippen LogP contribution in [0.15, 0.2) is 57.6 Å². The Morgan fingerprint density at radius 1 is 1.09 bits per heavy atom.